The molecular formula is C17H19N3O2. The number of nitrogens with zero attached hydrogens (tertiary/aromatic N) is 2. The molecule has 1 aliphatic rings. The second kappa shape index (κ2) is 6.15. The molecule has 5 nitrogen and oxygen atoms in total. The third-order valence-corrected chi connectivity index (χ3v) is 3.91. The van der Waals surface area contributed by atoms with E-state index in [2.05, 4.69) is 5.32 Å². The molecule has 1 amide bonds. The maximum atomic E-state index is 12.6. The van der Waals surface area contributed by atoms with Crippen molar-refractivity contribution >= 4 is 5.91 Å². The minimum Gasteiger partial charge on any atom is -0.336 e. The van der Waals surface area contributed by atoms with Crippen LogP contribution < -0.4 is 10.7 Å². The highest BCUT2D eigenvalue weighted by Crippen LogP contribution is 2.12. The van der Waals surface area contributed by atoms with Crippen LogP contribution in [0, 0.1) is 6.92 Å². The van der Waals surface area contributed by atoms with Crippen LogP contribution in [0.5, 0.6) is 0 Å². The molecule has 1 aliphatic heterocycles. The number of carbonyl (C=O) groups excluding carboxylic acids is 1. The number of nitrogens with one attached hydrogen (secondary N) is 1. The maximum Gasteiger partial charge on any atom is 0.259 e. The highest BCUT2D eigenvalue weighted by atomic mass is 16.2. The number of pyridine rings is 1. The van der Waals surface area contributed by atoms with Crippen LogP contribution in [0.3, 0.4) is 0 Å². The van der Waals surface area contributed by atoms with Gasteiger partial charge < -0.3 is 14.8 Å². The molecule has 3 rings (SSSR count). The summed E-state index contributed by atoms with van der Waals surface area (Å²) >= 11 is 0. The Morgan fingerprint density at radius 1 is 1.14 bits per heavy atom. The molecule has 2 aromatic rings. The Kier molecular flexibility index (Phi) is 4.06. The molecule has 0 unspecified atom stereocenters. The van der Waals surface area contributed by atoms with Crippen molar-refractivity contribution in [3.63, 3.8) is 0 Å². The molecule has 0 spiro atoms. The Bertz CT molecular complexity index is 731. The normalized spacial score (nSPS) is 14.9. The van der Waals surface area contributed by atoms with E-state index in [4.69, 9.17) is 0 Å². The zero-order valence-electron chi connectivity index (χ0n) is 12.6. The molecule has 1 aromatic heterocycles. The second-order valence-corrected chi connectivity index (χ2v) is 5.44. The molecule has 1 N–H and O–H groups in total. The Morgan fingerprint density at radius 3 is 2.50 bits per heavy atom. The second-order valence-electron chi connectivity index (χ2n) is 5.44. The van der Waals surface area contributed by atoms with Crippen LogP contribution in [0.25, 0.3) is 5.69 Å². The van der Waals surface area contributed by atoms with Crippen molar-refractivity contribution < 1.29 is 4.79 Å². The van der Waals surface area contributed by atoms with Crippen molar-refractivity contribution in [2.24, 2.45) is 0 Å². The van der Waals surface area contributed by atoms with Gasteiger partial charge in [-0.05, 0) is 19.1 Å². The lowest BCUT2D eigenvalue weighted by Crippen LogP contribution is -2.47. The molecule has 2 heterocycles. The molecular weight excluding hydrogens is 278 g/mol. The van der Waals surface area contributed by atoms with Crippen LogP contribution in [-0.4, -0.2) is 41.6 Å². The van der Waals surface area contributed by atoms with Crippen molar-refractivity contribution in [3.05, 3.63) is 64.1 Å². The van der Waals surface area contributed by atoms with E-state index in [1.807, 2.05) is 41.8 Å². The molecule has 0 radical (unpaired) electrons. The number of hydrogen-bond donors (Lipinski definition) is 1. The van der Waals surface area contributed by atoms with Gasteiger partial charge >= 0.3 is 0 Å². The van der Waals surface area contributed by atoms with Gasteiger partial charge in [-0.1, -0.05) is 18.2 Å². The summed E-state index contributed by atoms with van der Waals surface area (Å²) in [4.78, 5) is 26.6. The summed E-state index contributed by atoms with van der Waals surface area (Å²) in [7, 11) is 0. The first-order valence-electron chi connectivity index (χ1n) is 7.45. The monoisotopic (exact) mass is 297 g/mol. The topological polar surface area (TPSA) is 54.3 Å². The van der Waals surface area contributed by atoms with E-state index in [1.54, 1.807) is 11.1 Å². The third kappa shape index (κ3) is 2.80. The van der Waals surface area contributed by atoms with Gasteiger partial charge in [-0.3, -0.25) is 9.59 Å². The maximum absolute atomic E-state index is 12.6. The first kappa shape index (κ1) is 14.5. The number of hydrogen-bond acceptors (Lipinski definition) is 3. The van der Waals surface area contributed by atoms with Crippen molar-refractivity contribution in [3.8, 4) is 5.69 Å². The Balaban J connectivity index is 2.01. The summed E-state index contributed by atoms with van der Waals surface area (Å²) < 4.78 is 1.89. The van der Waals surface area contributed by atoms with Crippen LogP contribution in [0.15, 0.2) is 47.4 Å². The minimum absolute atomic E-state index is 0.184. The molecule has 5 heteroatoms. The summed E-state index contributed by atoms with van der Waals surface area (Å²) in [5.41, 5.74) is 1.77. The van der Waals surface area contributed by atoms with E-state index in [0.717, 1.165) is 24.5 Å². The summed E-state index contributed by atoms with van der Waals surface area (Å²) in [6.45, 7) is 4.68. The van der Waals surface area contributed by atoms with Crippen LogP contribution in [0.4, 0.5) is 0 Å². The number of benzene rings is 1. The Morgan fingerprint density at radius 2 is 1.82 bits per heavy atom. The average molecular weight is 297 g/mol. The fourth-order valence-electron chi connectivity index (χ4n) is 2.70. The Labute approximate surface area is 129 Å². The summed E-state index contributed by atoms with van der Waals surface area (Å²) in [5, 5.41) is 3.20. The molecule has 1 fully saturated rings. The summed E-state index contributed by atoms with van der Waals surface area (Å²) in [6, 6.07) is 11.2. The van der Waals surface area contributed by atoms with Gasteiger partial charge in [-0.2, -0.15) is 0 Å². The fraction of sp³-hybridized carbons (Fsp3) is 0.294. The molecule has 0 saturated carbocycles. The molecule has 0 aliphatic carbocycles. The lowest BCUT2D eigenvalue weighted by molar-refractivity contribution is 0.0734. The van der Waals surface area contributed by atoms with E-state index < -0.39 is 0 Å². The van der Waals surface area contributed by atoms with Gasteiger partial charge in [0.1, 0.15) is 5.56 Å². The number of aromatic nitrogens is 1. The van der Waals surface area contributed by atoms with Crippen molar-refractivity contribution in [2.45, 2.75) is 6.92 Å². The molecule has 114 valence electrons. The molecule has 1 saturated heterocycles. The first-order valence-corrected chi connectivity index (χ1v) is 7.45. The minimum atomic E-state index is -0.215. The van der Waals surface area contributed by atoms with Gasteiger partial charge in [0.25, 0.3) is 5.91 Å². The van der Waals surface area contributed by atoms with E-state index in [1.165, 1.54) is 6.07 Å². The van der Waals surface area contributed by atoms with E-state index >= 15 is 0 Å². The van der Waals surface area contributed by atoms with Crippen molar-refractivity contribution in [1.29, 1.82) is 0 Å². The van der Waals surface area contributed by atoms with Gasteiger partial charge in [0, 0.05) is 49.8 Å². The molecule has 1 aromatic carbocycles. The fourth-order valence-corrected chi connectivity index (χ4v) is 2.70. The smallest absolute Gasteiger partial charge is 0.259 e. The lowest BCUT2D eigenvalue weighted by atomic mass is 10.2. The standard InChI is InChI=1S/C17H19N3O2/c1-13-11-16(21)15(17(22)19-9-7-18-8-10-19)12-20(13)14-5-3-2-4-6-14/h2-6,11-12,18H,7-10H2,1H3. The van der Waals surface area contributed by atoms with Crippen LogP contribution in [0.2, 0.25) is 0 Å². The van der Waals surface area contributed by atoms with Gasteiger partial charge in [0.05, 0.1) is 0 Å². The first-order chi connectivity index (χ1) is 10.7. The number of amides is 1. The van der Waals surface area contributed by atoms with Crippen LogP contribution in [-0.2, 0) is 0 Å². The van der Waals surface area contributed by atoms with Crippen LogP contribution in [0.1, 0.15) is 16.1 Å². The highest BCUT2D eigenvalue weighted by Gasteiger charge is 2.21. The van der Waals surface area contributed by atoms with E-state index in [0.29, 0.717) is 13.1 Å². The predicted octanol–water partition coefficient (Wildman–Crippen LogP) is 1.19. The van der Waals surface area contributed by atoms with Gasteiger partial charge in [-0.15, -0.1) is 0 Å². The SMILES string of the molecule is Cc1cc(=O)c(C(=O)N2CCNCC2)cn1-c1ccccc1. The van der Waals surface area contributed by atoms with E-state index in [-0.39, 0.29) is 16.9 Å². The third-order valence-electron chi connectivity index (χ3n) is 3.91. The summed E-state index contributed by atoms with van der Waals surface area (Å²) in [5.74, 6) is -0.184. The highest BCUT2D eigenvalue weighted by molar-refractivity contribution is 5.94. The number of para-hydroxylation sites is 1. The van der Waals surface area contributed by atoms with Gasteiger partial charge in [0.2, 0.25) is 0 Å². The predicted molar refractivity (Wildman–Crippen MR) is 85.5 cm³/mol. The number of aryl methyl sites for hydroxylation is 1. The zero-order chi connectivity index (χ0) is 15.5. The molecule has 0 bridgehead atoms. The largest absolute Gasteiger partial charge is 0.336 e. The van der Waals surface area contributed by atoms with E-state index in [9.17, 15) is 9.59 Å². The quantitative estimate of drug-likeness (QED) is 0.906. The number of carbonyl (C=O) groups is 1. The molecule has 0 atom stereocenters. The number of piperazine rings is 1. The summed E-state index contributed by atoms with van der Waals surface area (Å²) in [6.07, 6.45) is 1.66. The lowest BCUT2D eigenvalue weighted by Gasteiger charge is -2.27. The van der Waals surface area contributed by atoms with Gasteiger partial charge in [0.15, 0.2) is 5.43 Å². The number of rotatable bonds is 2. The zero-order valence-corrected chi connectivity index (χ0v) is 12.6. The average Bonchev–Trinajstić information content (AvgIpc) is 2.56. The van der Waals surface area contributed by atoms with Crippen molar-refractivity contribution in [1.82, 2.24) is 14.8 Å². The van der Waals surface area contributed by atoms with Gasteiger partial charge in [-0.25, -0.2) is 0 Å². The van der Waals surface area contributed by atoms with Crippen LogP contribution >= 0.6 is 0 Å². The van der Waals surface area contributed by atoms with Crippen molar-refractivity contribution in [2.75, 3.05) is 26.2 Å². The Hall–Kier alpha value is -2.40. The molecule has 22 heavy (non-hydrogen) atoms.